The van der Waals surface area contributed by atoms with Gasteiger partial charge in [-0.05, 0) is 35.0 Å². The van der Waals surface area contributed by atoms with Gasteiger partial charge in [0.1, 0.15) is 5.75 Å². The molecule has 0 atom stereocenters. The number of Topliss-reactive ketones (excluding diaryl/α,β-unsaturated/α-hetero) is 1. The zero-order chi connectivity index (χ0) is 10.0. The predicted octanol–water partition coefficient (Wildman–Crippen LogP) is 3.42. The second-order valence-electron chi connectivity index (χ2n) is 2.52. The lowest BCUT2D eigenvalue weighted by Gasteiger charge is -2.06. The van der Waals surface area contributed by atoms with Crippen molar-refractivity contribution in [2.24, 2.45) is 0 Å². The quantitative estimate of drug-likeness (QED) is 0.783. The van der Waals surface area contributed by atoms with Gasteiger partial charge in [0.25, 0.3) is 0 Å². The summed E-state index contributed by atoms with van der Waals surface area (Å²) < 4.78 is 6.67. The Hall–Kier alpha value is -0.350. The summed E-state index contributed by atoms with van der Waals surface area (Å²) in [6.45, 7) is 1.52. The number of halogens is 2. The molecule has 0 radical (unpaired) electrons. The average Bonchev–Trinajstić information content (AvgIpc) is 2.03. The van der Waals surface area contributed by atoms with Crippen LogP contribution in [0.1, 0.15) is 17.3 Å². The third kappa shape index (κ3) is 2.31. The van der Waals surface area contributed by atoms with Gasteiger partial charge in [-0.2, -0.15) is 0 Å². The van der Waals surface area contributed by atoms with Crippen LogP contribution >= 0.6 is 31.9 Å². The van der Waals surface area contributed by atoms with Crippen LogP contribution in [-0.2, 0) is 0 Å². The van der Waals surface area contributed by atoms with Crippen molar-refractivity contribution in [3.8, 4) is 5.75 Å². The number of carbonyl (C=O) groups excluding carboxylic acids is 1. The molecular weight excluding hydrogens is 300 g/mol. The number of hydrogen-bond acceptors (Lipinski definition) is 2. The summed E-state index contributed by atoms with van der Waals surface area (Å²) in [5.41, 5.74) is 0.625. The highest BCUT2D eigenvalue weighted by Crippen LogP contribution is 2.31. The fraction of sp³-hybridized carbons (Fsp3) is 0.222. The lowest BCUT2D eigenvalue weighted by Crippen LogP contribution is -1.95. The number of ketones is 1. The Morgan fingerprint density at radius 3 is 2.38 bits per heavy atom. The third-order valence-electron chi connectivity index (χ3n) is 1.62. The van der Waals surface area contributed by atoms with Gasteiger partial charge >= 0.3 is 0 Å². The summed E-state index contributed by atoms with van der Waals surface area (Å²) in [4.78, 5) is 11.1. The van der Waals surface area contributed by atoms with Gasteiger partial charge in [0.15, 0.2) is 5.78 Å². The molecule has 70 valence electrons. The first-order chi connectivity index (χ1) is 6.06. The molecule has 0 N–H and O–H groups in total. The van der Waals surface area contributed by atoms with Gasteiger partial charge < -0.3 is 4.74 Å². The average molecular weight is 308 g/mol. The molecule has 0 unspecified atom stereocenters. The molecule has 2 nitrogen and oxygen atoms in total. The summed E-state index contributed by atoms with van der Waals surface area (Å²) in [5, 5.41) is 0. The molecule has 0 aliphatic heterocycles. The SMILES string of the molecule is COc1cc(C(C)=O)c(Br)cc1Br. The smallest absolute Gasteiger partial charge is 0.161 e. The molecule has 0 saturated carbocycles. The highest BCUT2D eigenvalue weighted by Gasteiger charge is 2.09. The summed E-state index contributed by atoms with van der Waals surface area (Å²) in [5.74, 6) is 0.672. The molecule has 4 heteroatoms. The summed E-state index contributed by atoms with van der Waals surface area (Å²) in [6, 6.07) is 3.51. The molecule has 13 heavy (non-hydrogen) atoms. The van der Waals surface area contributed by atoms with Crippen molar-refractivity contribution in [2.75, 3.05) is 7.11 Å². The first kappa shape index (κ1) is 10.7. The minimum absolute atomic E-state index is 0.0117. The van der Waals surface area contributed by atoms with Crippen LogP contribution in [-0.4, -0.2) is 12.9 Å². The van der Waals surface area contributed by atoms with E-state index in [0.717, 1.165) is 8.95 Å². The number of rotatable bonds is 2. The van der Waals surface area contributed by atoms with Crippen molar-refractivity contribution in [1.82, 2.24) is 0 Å². The number of carbonyl (C=O) groups is 1. The zero-order valence-electron chi connectivity index (χ0n) is 7.23. The highest BCUT2D eigenvalue weighted by atomic mass is 79.9. The van der Waals surface area contributed by atoms with Crippen molar-refractivity contribution in [2.45, 2.75) is 6.92 Å². The van der Waals surface area contributed by atoms with Gasteiger partial charge in [-0.1, -0.05) is 15.9 Å². The van der Waals surface area contributed by atoms with E-state index in [2.05, 4.69) is 31.9 Å². The lowest BCUT2D eigenvalue weighted by molar-refractivity contribution is 0.101. The van der Waals surface area contributed by atoms with E-state index in [9.17, 15) is 4.79 Å². The van der Waals surface area contributed by atoms with Crippen LogP contribution in [0.25, 0.3) is 0 Å². The van der Waals surface area contributed by atoms with Crippen LogP contribution in [0.4, 0.5) is 0 Å². The molecule has 0 heterocycles. The monoisotopic (exact) mass is 306 g/mol. The van der Waals surface area contributed by atoms with Crippen molar-refractivity contribution in [3.63, 3.8) is 0 Å². The first-order valence-electron chi connectivity index (χ1n) is 3.60. The maximum atomic E-state index is 11.1. The van der Waals surface area contributed by atoms with E-state index < -0.39 is 0 Å². The fourth-order valence-electron chi connectivity index (χ4n) is 0.955. The van der Waals surface area contributed by atoms with Gasteiger partial charge in [0.05, 0.1) is 11.6 Å². The Balaban J connectivity index is 3.30. The second kappa shape index (κ2) is 4.24. The van der Waals surface area contributed by atoms with Crippen LogP contribution in [0.2, 0.25) is 0 Å². The molecule has 0 aromatic heterocycles. The van der Waals surface area contributed by atoms with Crippen molar-refractivity contribution in [3.05, 3.63) is 26.6 Å². The summed E-state index contributed by atoms with van der Waals surface area (Å²) in [7, 11) is 1.57. The number of ether oxygens (including phenoxy) is 1. The largest absolute Gasteiger partial charge is 0.496 e. The molecule has 1 rings (SSSR count). The van der Waals surface area contributed by atoms with E-state index in [4.69, 9.17) is 4.74 Å². The molecule has 1 aromatic carbocycles. The Bertz CT molecular complexity index is 348. The van der Waals surface area contributed by atoms with Crippen molar-refractivity contribution < 1.29 is 9.53 Å². The Labute approximate surface area is 93.5 Å². The third-order valence-corrected chi connectivity index (χ3v) is 2.90. The second-order valence-corrected chi connectivity index (χ2v) is 4.23. The van der Waals surface area contributed by atoms with E-state index in [1.54, 1.807) is 19.2 Å². The molecule has 0 fully saturated rings. The van der Waals surface area contributed by atoms with Gasteiger partial charge in [0, 0.05) is 10.0 Å². The molecule has 0 spiro atoms. The topological polar surface area (TPSA) is 26.3 Å². The lowest BCUT2D eigenvalue weighted by atomic mass is 10.1. The first-order valence-corrected chi connectivity index (χ1v) is 5.19. The van der Waals surface area contributed by atoms with Crippen molar-refractivity contribution >= 4 is 37.6 Å². The predicted molar refractivity (Wildman–Crippen MR) is 58.4 cm³/mol. The molecule has 0 saturated heterocycles. The van der Waals surface area contributed by atoms with Gasteiger partial charge in [-0.3, -0.25) is 4.79 Å². The van der Waals surface area contributed by atoms with E-state index in [1.807, 2.05) is 0 Å². The number of benzene rings is 1. The van der Waals surface area contributed by atoms with Crippen LogP contribution < -0.4 is 4.74 Å². The molecule has 0 amide bonds. The molecule has 0 aliphatic carbocycles. The van der Waals surface area contributed by atoms with Crippen LogP contribution in [0.15, 0.2) is 21.1 Å². The maximum absolute atomic E-state index is 11.1. The molecule has 0 aliphatic rings. The van der Waals surface area contributed by atoms with Crippen LogP contribution in [0, 0.1) is 0 Å². The normalized spacial score (nSPS) is 9.85. The molecular formula is C9H8Br2O2. The fourth-order valence-corrected chi connectivity index (χ4v) is 2.39. The highest BCUT2D eigenvalue weighted by molar-refractivity contribution is 9.11. The Kier molecular flexibility index (Phi) is 3.50. The van der Waals surface area contributed by atoms with Gasteiger partial charge in [-0.15, -0.1) is 0 Å². The minimum atomic E-state index is 0.0117. The number of methoxy groups -OCH3 is 1. The minimum Gasteiger partial charge on any atom is -0.496 e. The van der Waals surface area contributed by atoms with E-state index >= 15 is 0 Å². The van der Waals surface area contributed by atoms with E-state index in [0.29, 0.717) is 11.3 Å². The zero-order valence-corrected chi connectivity index (χ0v) is 10.4. The van der Waals surface area contributed by atoms with Gasteiger partial charge in [-0.25, -0.2) is 0 Å². The molecule has 0 bridgehead atoms. The number of hydrogen-bond donors (Lipinski definition) is 0. The summed E-state index contributed by atoms with van der Waals surface area (Å²) in [6.07, 6.45) is 0. The molecule has 1 aromatic rings. The van der Waals surface area contributed by atoms with E-state index in [-0.39, 0.29) is 5.78 Å². The van der Waals surface area contributed by atoms with Crippen molar-refractivity contribution in [1.29, 1.82) is 0 Å². The summed E-state index contributed by atoms with van der Waals surface area (Å²) >= 11 is 6.63. The Morgan fingerprint density at radius 1 is 1.31 bits per heavy atom. The van der Waals surface area contributed by atoms with E-state index in [1.165, 1.54) is 6.92 Å². The standard InChI is InChI=1S/C9H8Br2O2/c1-5(12)6-3-9(13-2)8(11)4-7(6)10/h3-4H,1-2H3. The van der Waals surface area contributed by atoms with Crippen LogP contribution in [0.5, 0.6) is 5.75 Å². The van der Waals surface area contributed by atoms with Gasteiger partial charge in [0.2, 0.25) is 0 Å². The van der Waals surface area contributed by atoms with Crippen LogP contribution in [0.3, 0.4) is 0 Å². The Morgan fingerprint density at radius 2 is 1.92 bits per heavy atom. The maximum Gasteiger partial charge on any atom is 0.161 e.